The summed E-state index contributed by atoms with van der Waals surface area (Å²) in [6, 6.07) is 2.78. The third-order valence-corrected chi connectivity index (χ3v) is 6.38. The van der Waals surface area contributed by atoms with Gasteiger partial charge in [-0.15, -0.1) is 0 Å². The van der Waals surface area contributed by atoms with Gasteiger partial charge in [0.15, 0.2) is 0 Å². The van der Waals surface area contributed by atoms with Gasteiger partial charge in [0.25, 0.3) is 5.56 Å². The van der Waals surface area contributed by atoms with Crippen molar-refractivity contribution >= 4 is 10.9 Å². The molecule has 0 aromatic carbocycles. The van der Waals surface area contributed by atoms with Crippen molar-refractivity contribution in [1.29, 1.82) is 0 Å². The highest BCUT2D eigenvalue weighted by atomic mass is 16.5. The standard InChI is InChI=1S/C22H26N6O3/c1-27-19(26-18-17(21(27)29)6-9-23-20(18)30-2)14-12-24-22(25-13-14)31-16-7-10-28(11-8-16)15-4-3-5-15/h6,9,12-13,15-16H,3-5,7-8,10-11H2,1-2H3. The first kappa shape index (κ1) is 19.9. The second kappa shape index (κ2) is 8.22. The van der Waals surface area contributed by atoms with Crippen molar-refractivity contribution in [2.45, 2.75) is 44.2 Å². The summed E-state index contributed by atoms with van der Waals surface area (Å²) in [7, 11) is 3.18. The summed E-state index contributed by atoms with van der Waals surface area (Å²) in [5, 5.41) is 0.451. The van der Waals surface area contributed by atoms with Gasteiger partial charge in [0.05, 0.1) is 18.1 Å². The third kappa shape index (κ3) is 3.74. The van der Waals surface area contributed by atoms with Crippen LogP contribution in [-0.2, 0) is 7.05 Å². The molecule has 2 fully saturated rings. The van der Waals surface area contributed by atoms with Gasteiger partial charge < -0.3 is 14.4 Å². The second-order valence-corrected chi connectivity index (χ2v) is 8.21. The number of ether oxygens (including phenoxy) is 2. The van der Waals surface area contributed by atoms with E-state index in [-0.39, 0.29) is 11.7 Å². The maximum Gasteiger partial charge on any atom is 0.316 e. The molecule has 0 N–H and O–H groups in total. The van der Waals surface area contributed by atoms with Crippen molar-refractivity contribution in [3.05, 3.63) is 35.0 Å². The quantitative estimate of drug-likeness (QED) is 0.618. The van der Waals surface area contributed by atoms with Crippen LogP contribution in [0.25, 0.3) is 22.3 Å². The molecule has 9 heteroatoms. The number of hydrogen-bond acceptors (Lipinski definition) is 8. The summed E-state index contributed by atoms with van der Waals surface area (Å²) in [6.45, 7) is 2.15. The number of nitrogens with zero attached hydrogens (tertiary/aromatic N) is 6. The van der Waals surface area contributed by atoms with E-state index in [0.29, 0.717) is 34.2 Å². The molecule has 0 bridgehead atoms. The number of rotatable bonds is 5. The van der Waals surface area contributed by atoms with E-state index in [4.69, 9.17) is 9.47 Å². The van der Waals surface area contributed by atoms with Crippen LogP contribution in [0.1, 0.15) is 32.1 Å². The molecule has 1 saturated carbocycles. The topological polar surface area (TPSA) is 95.3 Å². The Morgan fingerprint density at radius 1 is 1.06 bits per heavy atom. The van der Waals surface area contributed by atoms with Crippen LogP contribution in [0.4, 0.5) is 0 Å². The second-order valence-electron chi connectivity index (χ2n) is 8.21. The highest BCUT2D eigenvalue weighted by Gasteiger charge is 2.29. The summed E-state index contributed by atoms with van der Waals surface area (Å²) in [5.41, 5.74) is 0.862. The molecule has 3 aromatic rings. The summed E-state index contributed by atoms with van der Waals surface area (Å²) in [5.74, 6) is 0.759. The maximum atomic E-state index is 12.8. The van der Waals surface area contributed by atoms with E-state index in [1.54, 1.807) is 25.5 Å². The monoisotopic (exact) mass is 422 g/mol. The Morgan fingerprint density at radius 3 is 2.45 bits per heavy atom. The smallest absolute Gasteiger partial charge is 0.316 e. The minimum absolute atomic E-state index is 0.140. The molecule has 0 spiro atoms. The number of piperidine rings is 1. The van der Waals surface area contributed by atoms with Crippen LogP contribution in [0.2, 0.25) is 0 Å². The molecule has 1 aliphatic heterocycles. The first-order valence-electron chi connectivity index (χ1n) is 10.8. The molecule has 0 amide bonds. The van der Waals surface area contributed by atoms with E-state index in [2.05, 4.69) is 24.8 Å². The molecule has 1 aliphatic carbocycles. The Kier molecular flexibility index (Phi) is 5.27. The SMILES string of the molecule is COc1nccc2c(=O)n(C)c(-c3cnc(OC4CCN(C5CCC5)CC4)nc3)nc12. The lowest BCUT2D eigenvalue weighted by Gasteiger charge is -2.41. The zero-order valence-corrected chi connectivity index (χ0v) is 17.8. The molecule has 3 aromatic heterocycles. The average molecular weight is 422 g/mol. The van der Waals surface area contributed by atoms with Gasteiger partial charge in [0, 0.05) is 44.8 Å². The van der Waals surface area contributed by atoms with Crippen LogP contribution in [0.15, 0.2) is 29.5 Å². The molecule has 9 nitrogen and oxygen atoms in total. The van der Waals surface area contributed by atoms with Crippen molar-refractivity contribution in [3.8, 4) is 23.3 Å². The molecule has 1 saturated heterocycles. The highest BCUT2D eigenvalue weighted by Crippen LogP contribution is 2.28. The lowest BCUT2D eigenvalue weighted by atomic mass is 9.90. The van der Waals surface area contributed by atoms with Crippen molar-refractivity contribution in [1.82, 2.24) is 29.4 Å². The zero-order valence-electron chi connectivity index (χ0n) is 17.8. The van der Waals surface area contributed by atoms with Gasteiger partial charge in [-0.2, -0.15) is 0 Å². The largest absolute Gasteiger partial charge is 0.479 e. The third-order valence-electron chi connectivity index (χ3n) is 6.38. The Bertz CT molecular complexity index is 1130. The van der Waals surface area contributed by atoms with E-state index in [1.807, 2.05) is 0 Å². The van der Waals surface area contributed by atoms with Crippen LogP contribution in [0, 0.1) is 0 Å². The minimum Gasteiger partial charge on any atom is -0.479 e. The summed E-state index contributed by atoms with van der Waals surface area (Å²) < 4.78 is 12.8. The lowest BCUT2D eigenvalue weighted by Crippen LogP contribution is -2.46. The van der Waals surface area contributed by atoms with Crippen LogP contribution in [-0.4, -0.2) is 61.7 Å². The first-order valence-corrected chi connectivity index (χ1v) is 10.8. The number of pyridine rings is 1. The normalized spacial score (nSPS) is 18.1. The number of hydrogen-bond donors (Lipinski definition) is 0. The van der Waals surface area contributed by atoms with Gasteiger partial charge in [0.1, 0.15) is 17.4 Å². The Morgan fingerprint density at radius 2 is 1.81 bits per heavy atom. The number of likely N-dealkylation sites (tertiary alicyclic amines) is 1. The van der Waals surface area contributed by atoms with Crippen LogP contribution in [0.5, 0.6) is 11.9 Å². The van der Waals surface area contributed by atoms with E-state index in [9.17, 15) is 4.79 Å². The number of methoxy groups -OCH3 is 1. The van der Waals surface area contributed by atoms with Crippen LogP contribution >= 0.6 is 0 Å². The molecule has 4 heterocycles. The minimum atomic E-state index is -0.181. The fraction of sp³-hybridized carbons (Fsp3) is 0.500. The van der Waals surface area contributed by atoms with E-state index in [0.717, 1.165) is 32.0 Å². The predicted molar refractivity (Wildman–Crippen MR) is 115 cm³/mol. The van der Waals surface area contributed by atoms with Gasteiger partial charge in [-0.1, -0.05) is 6.42 Å². The average Bonchev–Trinajstić information content (AvgIpc) is 2.76. The summed E-state index contributed by atoms with van der Waals surface area (Å²) in [6.07, 6.45) is 11.0. The molecule has 0 atom stereocenters. The van der Waals surface area contributed by atoms with Gasteiger partial charge in [0.2, 0.25) is 5.88 Å². The fourth-order valence-electron chi connectivity index (χ4n) is 4.33. The molecule has 2 aliphatic rings. The van der Waals surface area contributed by atoms with Crippen LogP contribution < -0.4 is 15.0 Å². The Hall–Kier alpha value is -3.07. The van der Waals surface area contributed by atoms with Crippen molar-refractivity contribution in [3.63, 3.8) is 0 Å². The lowest BCUT2D eigenvalue weighted by molar-refractivity contribution is 0.0454. The molecule has 0 unspecified atom stereocenters. The van der Waals surface area contributed by atoms with Gasteiger partial charge in [-0.3, -0.25) is 9.36 Å². The van der Waals surface area contributed by atoms with E-state index >= 15 is 0 Å². The summed E-state index contributed by atoms with van der Waals surface area (Å²) >= 11 is 0. The Balaban J connectivity index is 1.34. The number of aromatic nitrogens is 5. The van der Waals surface area contributed by atoms with Crippen molar-refractivity contribution in [2.75, 3.05) is 20.2 Å². The molecular weight excluding hydrogens is 396 g/mol. The fourth-order valence-corrected chi connectivity index (χ4v) is 4.33. The molecule has 162 valence electrons. The zero-order chi connectivity index (χ0) is 21.4. The molecule has 5 rings (SSSR count). The van der Waals surface area contributed by atoms with E-state index < -0.39 is 0 Å². The summed E-state index contributed by atoms with van der Waals surface area (Å²) in [4.78, 5) is 32.9. The van der Waals surface area contributed by atoms with Crippen molar-refractivity contribution < 1.29 is 9.47 Å². The van der Waals surface area contributed by atoms with Gasteiger partial charge in [-0.05, 0) is 31.7 Å². The molecule has 31 heavy (non-hydrogen) atoms. The number of fused-ring (bicyclic) bond motifs is 1. The highest BCUT2D eigenvalue weighted by molar-refractivity contribution is 5.83. The molecule has 0 radical (unpaired) electrons. The maximum absolute atomic E-state index is 12.8. The van der Waals surface area contributed by atoms with Gasteiger partial charge in [-0.25, -0.2) is 19.9 Å². The molecular formula is C22H26N6O3. The predicted octanol–water partition coefficient (Wildman–Crippen LogP) is 2.19. The Labute approximate surface area is 180 Å². The first-order chi connectivity index (χ1) is 15.1. The van der Waals surface area contributed by atoms with E-state index in [1.165, 1.54) is 37.1 Å². The van der Waals surface area contributed by atoms with Gasteiger partial charge >= 0.3 is 6.01 Å². The van der Waals surface area contributed by atoms with Crippen molar-refractivity contribution in [2.24, 2.45) is 7.05 Å². The van der Waals surface area contributed by atoms with Crippen LogP contribution in [0.3, 0.4) is 0 Å².